The van der Waals surface area contributed by atoms with E-state index < -0.39 is 0 Å². The Hall–Kier alpha value is -0.460. The number of halogens is 2. The zero-order chi connectivity index (χ0) is 13.7. The van der Waals surface area contributed by atoms with Crippen LogP contribution in [-0.4, -0.2) is 49.1 Å². The minimum atomic E-state index is -0.0383. The van der Waals surface area contributed by atoms with Crippen LogP contribution in [0.2, 0.25) is 0 Å². The van der Waals surface area contributed by atoms with Gasteiger partial charge < -0.3 is 10.2 Å². The van der Waals surface area contributed by atoms with Gasteiger partial charge in [-0.1, -0.05) is 30.3 Å². The highest BCUT2D eigenvalue weighted by molar-refractivity contribution is 7.99. The molecule has 21 heavy (non-hydrogen) atoms. The van der Waals surface area contributed by atoms with E-state index in [-0.39, 0.29) is 42.8 Å². The topological polar surface area (TPSA) is 44.4 Å². The van der Waals surface area contributed by atoms with Gasteiger partial charge in [-0.25, -0.2) is 0 Å². The summed E-state index contributed by atoms with van der Waals surface area (Å²) in [6.45, 7) is 0.638. The summed E-state index contributed by atoms with van der Waals surface area (Å²) in [5, 5.41) is 6.23. The molecule has 2 N–H and O–H groups in total. The highest BCUT2D eigenvalue weighted by atomic mass is 35.5. The van der Waals surface area contributed by atoms with Crippen LogP contribution in [0.4, 0.5) is 0 Å². The lowest BCUT2D eigenvalue weighted by molar-refractivity contribution is -0.122. The molecular formula is C14H23Cl2N3OS. The minimum Gasteiger partial charge on any atom is -0.353 e. The zero-order valence-electron chi connectivity index (χ0n) is 12.2. The van der Waals surface area contributed by atoms with Gasteiger partial charge in [0.2, 0.25) is 5.91 Å². The average Bonchev–Trinajstić information content (AvgIpc) is 2.93. The van der Waals surface area contributed by atoms with Crippen molar-refractivity contribution in [2.24, 2.45) is 0 Å². The number of hydrogen-bond acceptors (Lipinski definition) is 4. The van der Waals surface area contributed by atoms with Crippen molar-refractivity contribution < 1.29 is 4.79 Å². The monoisotopic (exact) mass is 351 g/mol. The first kappa shape index (κ1) is 20.5. The van der Waals surface area contributed by atoms with Crippen molar-refractivity contribution in [1.82, 2.24) is 15.5 Å². The number of carbonyl (C=O) groups excluding carboxylic acids is 1. The van der Waals surface area contributed by atoms with Crippen molar-refractivity contribution in [2.75, 3.05) is 32.3 Å². The number of carbonyl (C=O) groups is 1. The van der Waals surface area contributed by atoms with Crippen molar-refractivity contribution >= 4 is 42.5 Å². The van der Waals surface area contributed by atoms with Crippen molar-refractivity contribution in [1.29, 1.82) is 0 Å². The molecular weight excluding hydrogens is 329 g/mol. The Bertz CT molecular complexity index is 414. The van der Waals surface area contributed by atoms with Crippen LogP contribution < -0.4 is 10.6 Å². The molecule has 1 aliphatic heterocycles. The van der Waals surface area contributed by atoms with E-state index in [1.54, 1.807) is 11.8 Å². The first-order chi connectivity index (χ1) is 9.18. The Labute approximate surface area is 143 Å². The molecule has 0 aromatic heterocycles. The van der Waals surface area contributed by atoms with Crippen molar-refractivity contribution in [3.05, 3.63) is 35.9 Å². The van der Waals surface area contributed by atoms with Crippen LogP contribution in [0, 0.1) is 0 Å². The fraction of sp³-hybridized carbons (Fsp3) is 0.500. The van der Waals surface area contributed by atoms with Gasteiger partial charge >= 0.3 is 0 Å². The van der Waals surface area contributed by atoms with E-state index in [1.165, 1.54) is 5.56 Å². The molecule has 1 aromatic carbocycles. The van der Waals surface area contributed by atoms with Crippen molar-refractivity contribution in [3.63, 3.8) is 0 Å². The molecule has 1 heterocycles. The first-order valence-electron chi connectivity index (χ1n) is 6.48. The van der Waals surface area contributed by atoms with E-state index in [0.29, 0.717) is 6.54 Å². The number of amides is 1. The van der Waals surface area contributed by atoms with E-state index in [1.807, 2.05) is 32.3 Å². The molecule has 0 spiro atoms. The molecule has 0 saturated carbocycles. The predicted molar refractivity (Wildman–Crippen MR) is 94.6 cm³/mol. The lowest BCUT2D eigenvalue weighted by Gasteiger charge is -2.25. The second kappa shape index (κ2) is 10.3. The molecule has 0 radical (unpaired) electrons. The Morgan fingerprint density at radius 1 is 1.38 bits per heavy atom. The van der Waals surface area contributed by atoms with Crippen molar-refractivity contribution in [2.45, 2.75) is 12.1 Å². The minimum absolute atomic E-state index is 0. The summed E-state index contributed by atoms with van der Waals surface area (Å²) in [4.78, 5) is 14.1. The molecule has 2 rings (SSSR count). The second-order valence-electron chi connectivity index (χ2n) is 4.91. The third-order valence-corrected chi connectivity index (χ3v) is 4.25. The van der Waals surface area contributed by atoms with Gasteiger partial charge in [0.05, 0.1) is 12.1 Å². The summed E-state index contributed by atoms with van der Waals surface area (Å²) < 4.78 is 0. The van der Waals surface area contributed by atoms with E-state index in [0.717, 1.165) is 11.6 Å². The molecule has 1 amide bonds. The standard InChI is InChI=1S/C14H21N3OS.2ClH/c1-17(2)13(11-6-4-3-5-7-11)8-15-14(18)12-9-19-10-16-12;;/h3-7,12-13,16H,8-10H2,1-2H3,(H,15,18);2*1H. The van der Waals surface area contributed by atoms with E-state index in [9.17, 15) is 4.79 Å². The summed E-state index contributed by atoms with van der Waals surface area (Å²) in [7, 11) is 4.07. The molecule has 120 valence electrons. The fourth-order valence-corrected chi connectivity index (χ4v) is 3.10. The number of rotatable bonds is 5. The SMILES string of the molecule is CN(C)C(CNC(=O)C1CSCN1)c1ccccc1.Cl.Cl. The van der Waals surface area contributed by atoms with E-state index in [2.05, 4.69) is 27.7 Å². The lowest BCUT2D eigenvalue weighted by Crippen LogP contribution is -2.44. The summed E-state index contributed by atoms with van der Waals surface area (Å²) in [5.41, 5.74) is 1.22. The average molecular weight is 352 g/mol. The molecule has 2 unspecified atom stereocenters. The molecule has 1 saturated heterocycles. The largest absolute Gasteiger partial charge is 0.353 e. The van der Waals surface area contributed by atoms with Crippen molar-refractivity contribution in [3.8, 4) is 0 Å². The van der Waals surface area contributed by atoms with Gasteiger partial charge in [0.15, 0.2) is 0 Å². The number of thioether (sulfide) groups is 1. The van der Waals surface area contributed by atoms with Gasteiger partial charge in [-0.15, -0.1) is 36.6 Å². The highest BCUT2D eigenvalue weighted by Crippen LogP contribution is 2.17. The maximum Gasteiger partial charge on any atom is 0.238 e. The van der Waals surface area contributed by atoms with Crippen LogP contribution >= 0.6 is 36.6 Å². The van der Waals surface area contributed by atoms with Crippen LogP contribution in [0.1, 0.15) is 11.6 Å². The molecule has 0 aliphatic carbocycles. The Kier molecular flexibility index (Phi) is 10.1. The normalized spacial score (nSPS) is 18.5. The quantitative estimate of drug-likeness (QED) is 0.850. The van der Waals surface area contributed by atoms with Gasteiger partial charge in [-0.3, -0.25) is 10.1 Å². The fourth-order valence-electron chi connectivity index (χ4n) is 2.16. The summed E-state index contributed by atoms with van der Waals surface area (Å²) in [5.74, 6) is 1.84. The number of likely N-dealkylation sites (N-methyl/N-ethyl adjacent to an activating group) is 1. The molecule has 1 fully saturated rings. The van der Waals surface area contributed by atoms with Crippen LogP contribution in [0.25, 0.3) is 0 Å². The second-order valence-corrected chi connectivity index (χ2v) is 5.94. The molecule has 4 nitrogen and oxygen atoms in total. The number of benzene rings is 1. The number of nitrogens with one attached hydrogen (secondary N) is 2. The third kappa shape index (κ3) is 6.04. The van der Waals surface area contributed by atoms with Gasteiger partial charge in [-0.2, -0.15) is 0 Å². The van der Waals surface area contributed by atoms with Gasteiger partial charge in [0.1, 0.15) is 0 Å². The molecule has 1 aliphatic rings. The Morgan fingerprint density at radius 3 is 2.57 bits per heavy atom. The van der Waals surface area contributed by atoms with Crippen LogP contribution in [0.3, 0.4) is 0 Å². The maximum absolute atomic E-state index is 12.0. The van der Waals surface area contributed by atoms with Crippen LogP contribution in [-0.2, 0) is 4.79 Å². The van der Waals surface area contributed by atoms with E-state index >= 15 is 0 Å². The predicted octanol–water partition coefficient (Wildman–Crippen LogP) is 1.91. The number of nitrogens with zero attached hydrogens (tertiary/aromatic N) is 1. The smallest absolute Gasteiger partial charge is 0.238 e. The highest BCUT2D eigenvalue weighted by Gasteiger charge is 2.23. The summed E-state index contributed by atoms with van der Waals surface area (Å²) in [6, 6.07) is 10.4. The third-order valence-electron chi connectivity index (χ3n) is 3.31. The number of hydrogen-bond donors (Lipinski definition) is 2. The summed E-state index contributed by atoms with van der Waals surface area (Å²) in [6.07, 6.45) is 0. The molecule has 0 bridgehead atoms. The van der Waals surface area contributed by atoms with Gasteiger partial charge in [0.25, 0.3) is 0 Å². The van der Waals surface area contributed by atoms with Crippen LogP contribution in [0.15, 0.2) is 30.3 Å². The van der Waals surface area contributed by atoms with E-state index in [4.69, 9.17) is 0 Å². The Morgan fingerprint density at radius 2 is 2.05 bits per heavy atom. The Balaban J connectivity index is 0.00000200. The summed E-state index contributed by atoms with van der Waals surface area (Å²) >= 11 is 1.77. The van der Waals surface area contributed by atoms with Gasteiger partial charge in [0, 0.05) is 18.2 Å². The lowest BCUT2D eigenvalue weighted by atomic mass is 10.1. The maximum atomic E-state index is 12.0. The first-order valence-corrected chi connectivity index (χ1v) is 7.64. The zero-order valence-corrected chi connectivity index (χ0v) is 14.7. The molecule has 2 atom stereocenters. The van der Waals surface area contributed by atoms with Crippen LogP contribution in [0.5, 0.6) is 0 Å². The van der Waals surface area contributed by atoms with Gasteiger partial charge in [-0.05, 0) is 19.7 Å². The molecule has 1 aromatic rings. The molecule has 7 heteroatoms.